The zero-order valence-corrected chi connectivity index (χ0v) is 11.5. The van der Waals surface area contributed by atoms with Crippen LogP contribution in [0.15, 0.2) is 48.9 Å². The Kier molecular flexibility index (Phi) is 3.29. The lowest BCUT2D eigenvalue weighted by Gasteiger charge is -2.16. The van der Waals surface area contributed by atoms with Crippen LogP contribution in [-0.2, 0) is 0 Å². The molecule has 0 saturated heterocycles. The number of nitrogens with one attached hydrogen (secondary N) is 1. The highest BCUT2D eigenvalue weighted by Gasteiger charge is 2.10. The molecule has 1 N–H and O–H groups in total. The molecule has 3 aromatic rings. The second-order valence-electron chi connectivity index (χ2n) is 4.80. The monoisotopic (exact) mass is 264 g/mol. The van der Waals surface area contributed by atoms with Crippen LogP contribution in [-0.4, -0.2) is 15.0 Å². The Morgan fingerprint density at radius 3 is 2.70 bits per heavy atom. The lowest BCUT2D eigenvalue weighted by atomic mass is 10.1. The largest absolute Gasteiger partial charge is 0.377 e. The number of nitrogens with zero attached hydrogens (tertiary/aromatic N) is 3. The topological polar surface area (TPSA) is 50.7 Å². The van der Waals surface area contributed by atoms with Gasteiger partial charge in [0, 0.05) is 29.7 Å². The van der Waals surface area contributed by atoms with E-state index in [0.717, 1.165) is 28.0 Å². The quantitative estimate of drug-likeness (QED) is 0.786. The van der Waals surface area contributed by atoms with E-state index in [9.17, 15) is 0 Å². The van der Waals surface area contributed by atoms with Crippen molar-refractivity contribution in [1.82, 2.24) is 15.0 Å². The molecule has 100 valence electrons. The summed E-state index contributed by atoms with van der Waals surface area (Å²) in [4.78, 5) is 13.0. The lowest BCUT2D eigenvalue weighted by Crippen LogP contribution is -2.10. The van der Waals surface area contributed by atoms with Gasteiger partial charge in [-0.15, -0.1) is 0 Å². The fourth-order valence-electron chi connectivity index (χ4n) is 2.33. The van der Waals surface area contributed by atoms with Gasteiger partial charge in [0.05, 0.1) is 22.9 Å². The first-order valence-corrected chi connectivity index (χ1v) is 6.63. The molecule has 2 heterocycles. The van der Waals surface area contributed by atoms with Crippen LogP contribution in [0.1, 0.15) is 24.4 Å². The number of pyridine rings is 1. The molecular weight excluding hydrogens is 248 g/mol. The number of aromatic nitrogens is 3. The smallest absolute Gasteiger partial charge is 0.0835 e. The Balaban J connectivity index is 1.87. The minimum absolute atomic E-state index is 0.109. The molecule has 0 saturated carbocycles. The molecule has 0 fully saturated rings. The van der Waals surface area contributed by atoms with E-state index < -0.39 is 0 Å². The minimum atomic E-state index is 0.109. The van der Waals surface area contributed by atoms with Gasteiger partial charge in [0.1, 0.15) is 0 Å². The van der Waals surface area contributed by atoms with Crippen molar-refractivity contribution in [3.05, 3.63) is 60.3 Å². The molecule has 0 aliphatic heterocycles. The van der Waals surface area contributed by atoms with E-state index in [1.54, 1.807) is 18.6 Å². The van der Waals surface area contributed by atoms with Crippen molar-refractivity contribution in [1.29, 1.82) is 0 Å². The van der Waals surface area contributed by atoms with Crippen molar-refractivity contribution in [2.45, 2.75) is 19.9 Å². The van der Waals surface area contributed by atoms with E-state index in [-0.39, 0.29) is 6.04 Å². The third-order valence-corrected chi connectivity index (χ3v) is 3.32. The van der Waals surface area contributed by atoms with E-state index in [0.29, 0.717) is 0 Å². The molecule has 2 aromatic heterocycles. The Morgan fingerprint density at radius 2 is 1.85 bits per heavy atom. The second-order valence-corrected chi connectivity index (χ2v) is 4.80. The summed E-state index contributed by atoms with van der Waals surface area (Å²) in [5, 5.41) is 4.59. The van der Waals surface area contributed by atoms with Gasteiger partial charge in [-0.1, -0.05) is 6.07 Å². The van der Waals surface area contributed by atoms with Crippen molar-refractivity contribution in [3.8, 4) is 0 Å². The van der Waals surface area contributed by atoms with Crippen LogP contribution >= 0.6 is 0 Å². The van der Waals surface area contributed by atoms with Crippen LogP contribution in [0.5, 0.6) is 0 Å². The zero-order chi connectivity index (χ0) is 13.9. The van der Waals surface area contributed by atoms with E-state index >= 15 is 0 Å². The standard InChI is InChI=1S/C16H16N4/c1-11-16(19-9-8-17-11)12(2)20-14-5-6-15-13(10-14)4-3-7-18-15/h3-10,12,20H,1-2H3. The first kappa shape index (κ1) is 12.5. The fraction of sp³-hybridized carbons (Fsp3) is 0.188. The molecule has 0 amide bonds. The highest BCUT2D eigenvalue weighted by molar-refractivity contribution is 5.82. The third-order valence-electron chi connectivity index (χ3n) is 3.32. The van der Waals surface area contributed by atoms with Gasteiger partial charge in [-0.3, -0.25) is 15.0 Å². The normalized spacial score (nSPS) is 12.3. The van der Waals surface area contributed by atoms with Crippen LogP contribution in [0.3, 0.4) is 0 Å². The molecule has 20 heavy (non-hydrogen) atoms. The van der Waals surface area contributed by atoms with Crippen LogP contribution < -0.4 is 5.32 Å². The van der Waals surface area contributed by atoms with Crippen LogP contribution in [0, 0.1) is 6.92 Å². The molecule has 0 aliphatic rings. The number of benzene rings is 1. The van der Waals surface area contributed by atoms with E-state index in [4.69, 9.17) is 0 Å². The van der Waals surface area contributed by atoms with Gasteiger partial charge in [-0.2, -0.15) is 0 Å². The van der Waals surface area contributed by atoms with Crippen molar-refractivity contribution in [2.75, 3.05) is 5.32 Å². The fourth-order valence-corrected chi connectivity index (χ4v) is 2.33. The zero-order valence-electron chi connectivity index (χ0n) is 11.5. The molecule has 0 bridgehead atoms. The first-order valence-electron chi connectivity index (χ1n) is 6.63. The van der Waals surface area contributed by atoms with Crippen molar-refractivity contribution in [3.63, 3.8) is 0 Å². The van der Waals surface area contributed by atoms with E-state index in [1.807, 2.05) is 25.1 Å². The van der Waals surface area contributed by atoms with Crippen LogP contribution in [0.4, 0.5) is 5.69 Å². The van der Waals surface area contributed by atoms with Crippen molar-refractivity contribution >= 4 is 16.6 Å². The summed E-state index contributed by atoms with van der Waals surface area (Å²) < 4.78 is 0. The molecule has 4 heteroatoms. The van der Waals surface area contributed by atoms with Gasteiger partial charge in [0.25, 0.3) is 0 Å². The Hall–Kier alpha value is -2.49. The predicted octanol–water partition coefficient (Wildman–Crippen LogP) is 3.51. The number of hydrogen-bond donors (Lipinski definition) is 1. The maximum Gasteiger partial charge on any atom is 0.0835 e. The predicted molar refractivity (Wildman–Crippen MR) is 80.5 cm³/mol. The van der Waals surface area contributed by atoms with E-state index in [1.165, 1.54) is 0 Å². The molecule has 0 spiro atoms. The third kappa shape index (κ3) is 2.45. The summed E-state index contributed by atoms with van der Waals surface area (Å²) in [6.07, 6.45) is 5.25. The average Bonchev–Trinajstić information content (AvgIpc) is 2.47. The number of aryl methyl sites for hydroxylation is 1. The summed E-state index contributed by atoms with van der Waals surface area (Å²) >= 11 is 0. The SMILES string of the molecule is Cc1nccnc1C(C)Nc1ccc2ncccc2c1. The molecular formula is C16H16N4. The van der Waals surface area contributed by atoms with E-state index in [2.05, 4.69) is 39.3 Å². The van der Waals surface area contributed by atoms with Gasteiger partial charge in [0.2, 0.25) is 0 Å². The maximum absolute atomic E-state index is 4.40. The van der Waals surface area contributed by atoms with Crippen LogP contribution in [0.25, 0.3) is 10.9 Å². The highest BCUT2D eigenvalue weighted by atomic mass is 15.0. The number of rotatable bonds is 3. The Morgan fingerprint density at radius 1 is 1.00 bits per heavy atom. The van der Waals surface area contributed by atoms with Gasteiger partial charge in [-0.05, 0) is 38.1 Å². The van der Waals surface area contributed by atoms with Crippen molar-refractivity contribution in [2.24, 2.45) is 0 Å². The molecule has 3 rings (SSSR count). The Labute approximate surface area is 117 Å². The molecule has 1 unspecified atom stereocenters. The maximum atomic E-state index is 4.40. The summed E-state index contributed by atoms with van der Waals surface area (Å²) in [6, 6.07) is 10.3. The molecule has 0 aliphatic carbocycles. The molecule has 1 atom stereocenters. The van der Waals surface area contributed by atoms with Gasteiger partial charge >= 0.3 is 0 Å². The first-order chi connectivity index (χ1) is 9.74. The number of fused-ring (bicyclic) bond motifs is 1. The summed E-state index contributed by atoms with van der Waals surface area (Å²) in [5.41, 5.74) is 3.98. The average molecular weight is 264 g/mol. The van der Waals surface area contributed by atoms with Gasteiger partial charge in [-0.25, -0.2) is 0 Å². The Bertz CT molecular complexity index is 739. The van der Waals surface area contributed by atoms with Crippen LogP contribution in [0.2, 0.25) is 0 Å². The van der Waals surface area contributed by atoms with Gasteiger partial charge in [0.15, 0.2) is 0 Å². The molecule has 0 radical (unpaired) electrons. The summed E-state index contributed by atoms with van der Waals surface area (Å²) in [6.45, 7) is 4.06. The van der Waals surface area contributed by atoms with Gasteiger partial charge < -0.3 is 5.32 Å². The van der Waals surface area contributed by atoms with Crippen molar-refractivity contribution < 1.29 is 0 Å². The number of anilines is 1. The minimum Gasteiger partial charge on any atom is -0.377 e. The second kappa shape index (κ2) is 5.25. The lowest BCUT2D eigenvalue weighted by molar-refractivity contribution is 0.810. The molecule has 1 aromatic carbocycles. The highest BCUT2D eigenvalue weighted by Crippen LogP contribution is 2.22. The molecule has 4 nitrogen and oxygen atoms in total. The number of hydrogen-bond acceptors (Lipinski definition) is 4. The summed E-state index contributed by atoms with van der Waals surface area (Å²) in [7, 11) is 0. The summed E-state index contributed by atoms with van der Waals surface area (Å²) in [5.74, 6) is 0.